The van der Waals surface area contributed by atoms with Gasteiger partial charge in [0.2, 0.25) is 0 Å². The Kier molecular flexibility index (Phi) is 5.22. The molecule has 2 aromatic carbocycles. The quantitative estimate of drug-likeness (QED) is 0.509. The average Bonchev–Trinajstić information content (AvgIpc) is 3.17. The number of rotatable bonds is 5. The van der Waals surface area contributed by atoms with Crippen LogP contribution in [-0.4, -0.2) is 33.1 Å². The SMILES string of the molecule is O=C(COC(=O)c1cnn2c(-c3ccccc3)ccnc12)Nc1cccc(Cl)c1. The molecule has 0 saturated heterocycles. The van der Waals surface area contributed by atoms with Crippen LogP contribution in [0, 0.1) is 0 Å². The molecule has 4 aromatic rings. The van der Waals surface area contributed by atoms with E-state index in [-0.39, 0.29) is 5.56 Å². The molecule has 0 saturated carbocycles. The molecule has 1 N–H and O–H groups in total. The molecule has 1 amide bonds. The minimum atomic E-state index is -0.682. The second kappa shape index (κ2) is 8.12. The van der Waals surface area contributed by atoms with Gasteiger partial charge < -0.3 is 10.1 Å². The normalized spacial score (nSPS) is 10.7. The van der Waals surface area contributed by atoms with Gasteiger partial charge in [-0.1, -0.05) is 48.0 Å². The monoisotopic (exact) mass is 406 g/mol. The van der Waals surface area contributed by atoms with Gasteiger partial charge in [-0.2, -0.15) is 5.10 Å². The summed E-state index contributed by atoms with van der Waals surface area (Å²) in [5, 5.41) is 7.36. The summed E-state index contributed by atoms with van der Waals surface area (Å²) < 4.78 is 6.69. The highest BCUT2D eigenvalue weighted by Crippen LogP contribution is 2.21. The Hall–Kier alpha value is -3.71. The minimum absolute atomic E-state index is 0.179. The van der Waals surface area contributed by atoms with E-state index in [0.717, 1.165) is 11.3 Å². The van der Waals surface area contributed by atoms with Gasteiger partial charge in [-0.05, 0) is 24.3 Å². The number of amides is 1. The number of nitrogens with zero attached hydrogens (tertiary/aromatic N) is 3. The summed E-state index contributed by atoms with van der Waals surface area (Å²) >= 11 is 5.88. The number of aromatic nitrogens is 3. The van der Waals surface area contributed by atoms with E-state index in [4.69, 9.17) is 16.3 Å². The lowest BCUT2D eigenvalue weighted by molar-refractivity contribution is -0.119. The topological polar surface area (TPSA) is 85.6 Å². The predicted molar refractivity (Wildman–Crippen MR) is 109 cm³/mol. The van der Waals surface area contributed by atoms with Crippen molar-refractivity contribution in [2.75, 3.05) is 11.9 Å². The van der Waals surface area contributed by atoms with Gasteiger partial charge >= 0.3 is 5.97 Å². The van der Waals surface area contributed by atoms with Gasteiger partial charge in [-0.3, -0.25) is 4.79 Å². The molecule has 0 aliphatic heterocycles. The van der Waals surface area contributed by atoms with E-state index >= 15 is 0 Å². The molecule has 0 radical (unpaired) electrons. The molecule has 0 aliphatic rings. The number of nitrogens with one attached hydrogen (secondary N) is 1. The van der Waals surface area contributed by atoms with Gasteiger partial charge in [0.15, 0.2) is 12.3 Å². The zero-order chi connectivity index (χ0) is 20.2. The summed E-state index contributed by atoms with van der Waals surface area (Å²) in [6.45, 7) is -0.443. The third-order valence-corrected chi connectivity index (χ3v) is 4.37. The Morgan fingerprint density at radius 1 is 1.07 bits per heavy atom. The molecular weight excluding hydrogens is 392 g/mol. The van der Waals surface area contributed by atoms with Crippen LogP contribution >= 0.6 is 11.6 Å². The Bertz CT molecular complexity index is 1190. The van der Waals surface area contributed by atoms with E-state index in [9.17, 15) is 9.59 Å². The Balaban J connectivity index is 1.48. The first kappa shape index (κ1) is 18.6. The molecule has 144 valence electrons. The first-order valence-corrected chi connectivity index (χ1v) is 9.10. The number of carbonyl (C=O) groups is 2. The summed E-state index contributed by atoms with van der Waals surface area (Å²) in [6, 6.07) is 18.1. The van der Waals surface area contributed by atoms with Crippen LogP contribution in [0.3, 0.4) is 0 Å². The van der Waals surface area contributed by atoms with Gasteiger partial charge in [0.1, 0.15) is 5.56 Å². The van der Waals surface area contributed by atoms with Crippen LogP contribution in [0.1, 0.15) is 10.4 Å². The molecule has 7 nitrogen and oxygen atoms in total. The molecule has 0 atom stereocenters. The second-order valence-corrected chi connectivity index (χ2v) is 6.56. The van der Waals surface area contributed by atoms with Gasteiger partial charge in [0.05, 0.1) is 11.9 Å². The summed E-state index contributed by atoms with van der Waals surface area (Å²) in [5.41, 5.74) is 2.77. The van der Waals surface area contributed by atoms with Crippen molar-refractivity contribution in [3.05, 3.63) is 83.6 Å². The number of fused-ring (bicyclic) bond motifs is 1. The number of halogens is 1. The first-order valence-electron chi connectivity index (χ1n) is 8.72. The molecule has 0 fully saturated rings. The lowest BCUT2D eigenvalue weighted by atomic mass is 10.1. The molecule has 29 heavy (non-hydrogen) atoms. The molecule has 0 unspecified atom stereocenters. The maximum Gasteiger partial charge on any atom is 0.344 e. The third-order valence-electron chi connectivity index (χ3n) is 4.13. The van der Waals surface area contributed by atoms with Crippen LogP contribution in [0.25, 0.3) is 16.9 Å². The van der Waals surface area contributed by atoms with E-state index in [1.165, 1.54) is 6.20 Å². The van der Waals surface area contributed by atoms with Crippen molar-refractivity contribution < 1.29 is 14.3 Å². The lowest BCUT2D eigenvalue weighted by Crippen LogP contribution is -2.21. The first-order chi connectivity index (χ1) is 14.1. The summed E-state index contributed by atoms with van der Waals surface area (Å²) in [7, 11) is 0. The number of carbonyl (C=O) groups excluding carboxylic acids is 2. The molecule has 2 aromatic heterocycles. The number of hydrogen-bond acceptors (Lipinski definition) is 5. The summed E-state index contributed by atoms with van der Waals surface area (Å²) in [6.07, 6.45) is 2.98. The fourth-order valence-corrected chi connectivity index (χ4v) is 3.03. The summed E-state index contributed by atoms with van der Waals surface area (Å²) in [4.78, 5) is 28.7. The molecule has 2 heterocycles. The lowest BCUT2D eigenvalue weighted by Gasteiger charge is -2.07. The Labute approximate surface area is 170 Å². The van der Waals surface area contributed by atoms with E-state index in [0.29, 0.717) is 16.4 Å². The van der Waals surface area contributed by atoms with E-state index < -0.39 is 18.5 Å². The largest absolute Gasteiger partial charge is 0.452 e. The smallest absolute Gasteiger partial charge is 0.344 e. The maximum absolute atomic E-state index is 12.5. The Morgan fingerprint density at radius 2 is 1.90 bits per heavy atom. The molecule has 0 spiro atoms. The molecule has 0 aliphatic carbocycles. The zero-order valence-electron chi connectivity index (χ0n) is 15.1. The fraction of sp³-hybridized carbons (Fsp3) is 0.0476. The molecular formula is C21H15ClN4O3. The van der Waals surface area contributed by atoms with Gasteiger partial charge in [-0.15, -0.1) is 0 Å². The highest BCUT2D eigenvalue weighted by Gasteiger charge is 2.18. The number of ether oxygens (including phenoxy) is 1. The second-order valence-electron chi connectivity index (χ2n) is 6.12. The molecule has 0 bridgehead atoms. The highest BCUT2D eigenvalue weighted by atomic mass is 35.5. The number of benzene rings is 2. The molecule has 4 rings (SSSR count). The van der Waals surface area contributed by atoms with Crippen molar-refractivity contribution in [3.63, 3.8) is 0 Å². The molecule has 8 heteroatoms. The van der Waals surface area contributed by atoms with Crippen molar-refractivity contribution in [1.82, 2.24) is 14.6 Å². The summed E-state index contributed by atoms with van der Waals surface area (Å²) in [5.74, 6) is -1.16. The highest BCUT2D eigenvalue weighted by molar-refractivity contribution is 6.30. The zero-order valence-corrected chi connectivity index (χ0v) is 15.8. The number of esters is 1. The van der Waals surface area contributed by atoms with Crippen molar-refractivity contribution in [2.45, 2.75) is 0 Å². The maximum atomic E-state index is 12.5. The van der Waals surface area contributed by atoms with Crippen LogP contribution in [0.4, 0.5) is 5.69 Å². The standard InChI is InChI=1S/C21H15ClN4O3/c22-15-7-4-8-16(11-15)25-19(27)13-29-21(28)17-12-24-26-18(9-10-23-20(17)26)14-5-2-1-3-6-14/h1-12H,13H2,(H,25,27). The predicted octanol–water partition coefficient (Wildman–Crippen LogP) is 3.85. The van der Waals surface area contributed by atoms with Gasteiger partial charge in [-0.25, -0.2) is 14.3 Å². The van der Waals surface area contributed by atoms with Crippen molar-refractivity contribution >= 4 is 34.8 Å². The van der Waals surface area contributed by atoms with E-state index in [1.807, 2.05) is 36.4 Å². The van der Waals surface area contributed by atoms with Gasteiger partial charge in [0, 0.05) is 22.5 Å². The Morgan fingerprint density at radius 3 is 2.69 bits per heavy atom. The number of hydrogen-bond donors (Lipinski definition) is 1. The van der Waals surface area contributed by atoms with E-state index in [1.54, 1.807) is 35.0 Å². The van der Waals surface area contributed by atoms with Crippen molar-refractivity contribution in [2.24, 2.45) is 0 Å². The minimum Gasteiger partial charge on any atom is -0.452 e. The van der Waals surface area contributed by atoms with Crippen LogP contribution in [0.15, 0.2) is 73.1 Å². The third kappa shape index (κ3) is 4.09. The van der Waals surface area contributed by atoms with Crippen molar-refractivity contribution in [1.29, 1.82) is 0 Å². The van der Waals surface area contributed by atoms with Crippen LogP contribution in [0.2, 0.25) is 5.02 Å². The van der Waals surface area contributed by atoms with Gasteiger partial charge in [0.25, 0.3) is 5.91 Å². The fourth-order valence-electron chi connectivity index (χ4n) is 2.84. The average molecular weight is 407 g/mol. The van der Waals surface area contributed by atoms with Crippen molar-refractivity contribution in [3.8, 4) is 11.3 Å². The number of anilines is 1. The van der Waals surface area contributed by atoms with Crippen LogP contribution < -0.4 is 5.32 Å². The van der Waals surface area contributed by atoms with Crippen LogP contribution in [0.5, 0.6) is 0 Å². The van der Waals surface area contributed by atoms with Crippen LogP contribution in [-0.2, 0) is 9.53 Å². The van der Waals surface area contributed by atoms with E-state index in [2.05, 4.69) is 15.4 Å².